The number of carbonyl (C=O) groups is 1. The number of aromatic nitrogens is 3. The molecule has 6 rings (SSSR count). The predicted molar refractivity (Wildman–Crippen MR) is 114 cm³/mol. The first-order valence-corrected chi connectivity index (χ1v) is 10.2. The van der Waals surface area contributed by atoms with Crippen LogP contribution in [0.2, 0.25) is 0 Å². The smallest absolute Gasteiger partial charge is 0.199 e. The van der Waals surface area contributed by atoms with E-state index in [0.717, 1.165) is 6.07 Å². The highest BCUT2D eigenvalue weighted by Gasteiger charge is 2.37. The Balaban J connectivity index is 1.61. The maximum Gasteiger partial charge on any atom is 0.199 e. The van der Waals surface area contributed by atoms with Gasteiger partial charge in [0.25, 0.3) is 0 Å². The summed E-state index contributed by atoms with van der Waals surface area (Å²) in [4.78, 5) is 13.4. The second-order valence-electron chi connectivity index (χ2n) is 7.76. The molecule has 1 aromatic heterocycles. The van der Waals surface area contributed by atoms with E-state index in [1.54, 1.807) is 18.2 Å². The fraction of sp³-hybridized carbons (Fsp3) is 0. The number of hydrogen-bond acceptors (Lipinski definition) is 4. The summed E-state index contributed by atoms with van der Waals surface area (Å²) in [5.41, 5.74) is -1.92. The Labute approximate surface area is 192 Å². The largest absolute Gasteiger partial charge is 0.449 e. The van der Waals surface area contributed by atoms with Crippen molar-refractivity contribution in [1.29, 1.82) is 0 Å². The molecular formula is C25H10F5N3O2. The number of ether oxygens (including phenoxy) is 1. The molecule has 1 aliphatic rings. The van der Waals surface area contributed by atoms with Crippen molar-refractivity contribution in [2.45, 2.75) is 0 Å². The van der Waals surface area contributed by atoms with Crippen molar-refractivity contribution >= 4 is 16.8 Å². The number of benzene rings is 4. The zero-order valence-electron chi connectivity index (χ0n) is 17.3. The monoisotopic (exact) mass is 479 g/mol. The Morgan fingerprint density at radius 2 is 1.54 bits per heavy atom. The summed E-state index contributed by atoms with van der Waals surface area (Å²) >= 11 is 0. The summed E-state index contributed by atoms with van der Waals surface area (Å²) < 4.78 is 79.3. The molecule has 1 aliphatic heterocycles. The number of ketones is 1. The quantitative estimate of drug-likeness (QED) is 0.106. The van der Waals surface area contributed by atoms with Crippen LogP contribution in [-0.4, -0.2) is 21.2 Å². The van der Waals surface area contributed by atoms with Gasteiger partial charge in [-0.25, -0.2) is 22.0 Å². The zero-order chi connectivity index (χ0) is 24.4. The summed E-state index contributed by atoms with van der Waals surface area (Å²) in [6.45, 7) is 0. The minimum absolute atomic E-state index is 0.0953. The van der Waals surface area contributed by atoms with Gasteiger partial charge in [0, 0.05) is 11.1 Å². The topological polar surface area (TPSA) is 71.2 Å². The molecule has 0 atom stereocenters. The van der Waals surface area contributed by atoms with Crippen molar-refractivity contribution in [2.24, 2.45) is 0 Å². The second-order valence-corrected chi connectivity index (χ2v) is 7.76. The van der Waals surface area contributed by atoms with Gasteiger partial charge in [0.15, 0.2) is 40.6 Å². The normalized spacial score (nSPS) is 11.9. The Bertz CT molecular complexity index is 1700. The van der Waals surface area contributed by atoms with Crippen LogP contribution in [-0.2, 0) is 0 Å². The van der Waals surface area contributed by atoms with Gasteiger partial charge in [0.1, 0.15) is 11.3 Å². The lowest BCUT2D eigenvalue weighted by molar-refractivity contribution is 0.103. The third-order valence-corrected chi connectivity index (χ3v) is 5.78. The van der Waals surface area contributed by atoms with E-state index >= 15 is 4.39 Å². The van der Waals surface area contributed by atoms with Crippen molar-refractivity contribution in [3.8, 4) is 33.8 Å². The molecule has 5 nitrogen and oxygen atoms in total. The van der Waals surface area contributed by atoms with E-state index in [-0.39, 0.29) is 33.7 Å². The molecule has 0 fully saturated rings. The van der Waals surface area contributed by atoms with Gasteiger partial charge in [-0.3, -0.25) is 9.89 Å². The van der Waals surface area contributed by atoms with Crippen LogP contribution in [0.5, 0.6) is 11.5 Å². The lowest BCUT2D eigenvalue weighted by atomic mass is 9.90. The molecule has 0 bridgehead atoms. The molecule has 0 unspecified atom stereocenters. The van der Waals surface area contributed by atoms with Crippen molar-refractivity contribution in [3.05, 3.63) is 94.8 Å². The minimum Gasteiger partial charge on any atom is -0.449 e. The van der Waals surface area contributed by atoms with Crippen LogP contribution < -0.4 is 4.74 Å². The van der Waals surface area contributed by atoms with Gasteiger partial charge in [0.05, 0.1) is 22.2 Å². The van der Waals surface area contributed by atoms with Gasteiger partial charge in [-0.1, -0.05) is 47.7 Å². The lowest BCUT2D eigenvalue weighted by Crippen LogP contribution is -2.14. The lowest BCUT2D eigenvalue weighted by Gasteiger charge is -2.14. The van der Waals surface area contributed by atoms with Gasteiger partial charge in [-0.15, -0.1) is 5.10 Å². The second kappa shape index (κ2) is 7.45. The summed E-state index contributed by atoms with van der Waals surface area (Å²) in [6, 6.07) is 12.8. The first kappa shape index (κ1) is 21.0. The van der Waals surface area contributed by atoms with E-state index < -0.39 is 51.6 Å². The van der Waals surface area contributed by atoms with E-state index in [2.05, 4.69) is 15.4 Å². The number of hydrogen-bond donors (Lipinski definition) is 1. The van der Waals surface area contributed by atoms with Crippen molar-refractivity contribution < 1.29 is 31.5 Å². The third kappa shape index (κ3) is 3.03. The Morgan fingerprint density at radius 1 is 0.800 bits per heavy atom. The number of carbonyl (C=O) groups excluding carboxylic acids is 1. The Morgan fingerprint density at radius 3 is 2.31 bits per heavy atom. The standard InChI is InChI=1S/C25H10F5N3O2/c26-18-12(9-14-25(35-14)16(18)11-7-4-8-13-23(11)32-33-31-13)24(34)17-15(10-5-2-1-3-6-10)19(27)21(29)22(30)20(17)28/h1-9H,(H,31,32,33). The van der Waals surface area contributed by atoms with E-state index in [1.165, 1.54) is 30.3 Å². The van der Waals surface area contributed by atoms with E-state index in [4.69, 9.17) is 4.74 Å². The Hall–Kier alpha value is -4.60. The number of H-pyrrole nitrogens is 1. The van der Waals surface area contributed by atoms with Crippen LogP contribution in [0.3, 0.4) is 0 Å². The molecule has 172 valence electrons. The number of rotatable bonds is 4. The molecule has 0 aliphatic carbocycles. The van der Waals surface area contributed by atoms with E-state index in [0.29, 0.717) is 5.52 Å². The van der Waals surface area contributed by atoms with Crippen molar-refractivity contribution in [3.63, 3.8) is 0 Å². The van der Waals surface area contributed by atoms with Gasteiger partial charge < -0.3 is 4.74 Å². The van der Waals surface area contributed by atoms with E-state index in [9.17, 15) is 22.4 Å². The summed E-state index contributed by atoms with van der Waals surface area (Å²) in [7, 11) is 0. The summed E-state index contributed by atoms with van der Waals surface area (Å²) in [6.07, 6.45) is 0. The van der Waals surface area contributed by atoms with Gasteiger partial charge in [0.2, 0.25) is 0 Å². The van der Waals surface area contributed by atoms with Gasteiger partial charge in [-0.2, -0.15) is 0 Å². The van der Waals surface area contributed by atoms with Crippen LogP contribution in [0.4, 0.5) is 22.0 Å². The highest BCUT2D eigenvalue weighted by atomic mass is 19.2. The average molecular weight is 479 g/mol. The average Bonchev–Trinajstić information content (AvgIpc) is 3.47. The maximum atomic E-state index is 15.8. The van der Waals surface area contributed by atoms with Gasteiger partial charge >= 0.3 is 0 Å². The fourth-order valence-corrected chi connectivity index (χ4v) is 4.12. The molecule has 35 heavy (non-hydrogen) atoms. The van der Waals surface area contributed by atoms with Crippen LogP contribution in [0.15, 0.2) is 54.6 Å². The fourth-order valence-electron chi connectivity index (χ4n) is 4.12. The SMILES string of the molecule is O=C(c1cc2c(c(-c3cccc4[nH]nnc34)c1F)O2)c1c(F)c(F)c(F)c(F)c1-c1ccccc1. The molecule has 1 N–H and O–H groups in total. The molecule has 0 saturated carbocycles. The van der Waals surface area contributed by atoms with Gasteiger partial charge in [-0.05, 0) is 17.7 Å². The van der Waals surface area contributed by atoms with E-state index in [1.807, 2.05) is 0 Å². The summed E-state index contributed by atoms with van der Waals surface area (Å²) in [5.74, 6) is -10.2. The number of aromatic amines is 1. The molecule has 10 heteroatoms. The first-order chi connectivity index (χ1) is 16.9. The van der Waals surface area contributed by atoms with Crippen LogP contribution in [0.1, 0.15) is 15.9 Å². The molecule has 0 amide bonds. The number of nitrogens with one attached hydrogen (secondary N) is 1. The molecule has 4 aromatic carbocycles. The third-order valence-electron chi connectivity index (χ3n) is 5.78. The molecular weight excluding hydrogens is 469 g/mol. The molecule has 2 heterocycles. The van der Waals surface area contributed by atoms with Crippen LogP contribution >= 0.6 is 0 Å². The molecule has 0 radical (unpaired) electrons. The minimum atomic E-state index is -2.18. The zero-order valence-corrected chi connectivity index (χ0v) is 17.3. The molecule has 5 aromatic rings. The van der Waals surface area contributed by atoms with Crippen molar-refractivity contribution in [2.75, 3.05) is 0 Å². The number of halogens is 5. The Kier molecular flexibility index (Phi) is 4.47. The van der Waals surface area contributed by atoms with Crippen LogP contribution in [0.25, 0.3) is 33.3 Å². The van der Waals surface area contributed by atoms with Crippen LogP contribution in [0, 0.1) is 29.1 Å². The first-order valence-electron chi connectivity index (χ1n) is 10.2. The number of fused-ring (bicyclic) bond motifs is 2. The van der Waals surface area contributed by atoms with Crippen molar-refractivity contribution in [1.82, 2.24) is 15.4 Å². The highest BCUT2D eigenvalue weighted by molar-refractivity contribution is 6.15. The highest BCUT2D eigenvalue weighted by Crippen LogP contribution is 2.55. The molecule has 0 saturated heterocycles. The predicted octanol–water partition coefficient (Wildman–Crippen LogP) is 6.32. The number of nitrogens with zero attached hydrogens (tertiary/aromatic N) is 2. The molecule has 0 spiro atoms. The maximum absolute atomic E-state index is 15.8. The summed E-state index contributed by atoms with van der Waals surface area (Å²) in [5, 5.41) is 10.2.